The molecule has 0 nitrogen and oxygen atoms in total. The second-order valence-corrected chi connectivity index (χ2v) is 7.66. The van der Waals surface area contributed by atoms with Crippen LogP contribution in [0.25, 0.3) is 0 Å². The monoisotopic (exact) mass is 189 g/mol. The minimum Gasteiger partial charge on any atom is -0.0648 e. The smallest absolute Gasteiger partial charge is 0.0648 e. The lowest BCUT2D eigenvalue weighted by atomic mass is 10.2. The van der Waals surface area contributed by atoms with Crippen LogP contribution in [0.1, 0.15) is 26.7 Å². The maximum Gasteiger partial charge on any atom is 0.0915 e. The van der Waals surface area contributed by atoms with Crippen LogP contribution in [0.5, 0.6) is 0 Å². The molecule has 1 aromatic rings. The topological polar surface area (TPSA) is 0 Å². The summed E-state index contributed by atoms with van der Waals surface area (Å²) in [5.74, 6) is 0. The summed E-state index contributed by atoms with van der Waals surface area (Å²) in [5, 5.41) is 1.64. The molecule has 1 aliphatic rings. The lowest BCUT2D eigenvalue weighted by molar-refractivity contribution is 0.765. The summed E-state index contributed by atoms with van der Waals surface area (Å²) in [6.07, 6.45) is 2.90. The summed E-state index contributed by atoms with van der Waals surface area (Å²) < 4.78 is 0. The molecule has 1 saturated heterocycles. The average Bonchev–Trinajstić information content (AvgIpc) is 2.48. The van der Waals surface area contributed by atoms with Crippen molar-refractivity contribution in [2.45, 2.75) is 37.8 Å². The SMILES string of the molecule is CC1CCC(C)[Si]1c1ccccc1. The molecule has 69 valence electrons. The van der Waals surface area contributed by atoms with Crippen LogP contribution in [0.15, 0.2) is 30.3 Å². The summed E-state index contributed by atoms with van der Waals surface area (Å²) in [7, 11) is -0.245. The molecule has 0 N–H and O–H groups in total. The van der Waals surface area contributed by atoms with Gasteiger partial charge in [-0.2, -0.15) is 0 Å². The van der Waals surface area contributed by atoms with Crippen molar-refractivity contribution in [3.8, 4) is 0 Å². The van der Waals surface area contributed by atoms with Crippen molar-refractivity contribution in [3.05, 3.63) is 30.3 Å². The zero-order valence-electron chi connectivity index (χ0n) is 8.46. The van der Waals surface area contributed by atoms with E-state index in [1.54, 1.807) is 5.19 Å². The summed E-state index contributed by atoms with van der Waals surface area (Å²) in [6, 6.07) is 11.1. The fraction of sp³-hybridized carbons (Fsp3) is 0.500. The average molecular weight is 189 g/mol. The molecule has 2 unspecified atom stereocenters. The van der Waals surface area contributed by atoms with Gasteiger partial charge >= 0.3 is 0 Å². The van der Waals surface area contributed by atoms with Crippen molar-refractivity contribution in [3.63, 3.8) is 0 Å². The summed E-state index contributed by atoms with van der Waals surface area (Å²) in [6.45, 7) is 4.87. The maximum absolute atomic E-state index is 2.44. The summed E-state index contributed by atoms with van der Waals surface area (Å²) in [5.41, 5.74) is 1.95. The molecule has 1 aliphatic heterocycles. The van der Waals surface area contributed by atoms with Gasteiger partial charge in [0.05, 0.1) is 8.80 Å². The van der Waals surface area contributed by atoms with E-state index in [1.807, 2.05) is 0 Å². The third-order valence-electron chi connectivity index (χ3n) is 3.20. The molecule has 1 heteroatoms. The van der Waals surface area contributed by atoms with E-state index in [-0.39, 0.29) is 8.80 Å². The Morgan fingerprint density at radius 3 is 2.08 bits per heavy atom. The largest absolute Gasteiger partial charge is 0.0915 e. The van der Waals surface area contributed by atoms with Crippen LogP contribution in [0.2, 0.25) is 11.1 Å². The molecule has 0 aliphatic carbocycles. The summed E-state index contributed by atoms with van der Waals surface area (Å²) >= 11 is 0. The molecule has 0 bridgehead atoms. The first-order valence-corrected chi connectivity index (χ1v) is 6.86. The van der Waals surface area contributed by atoms with Gasteiger partial charge in [0.25, 0.3) is 0 Å². The van der Waals surface area contributed by atoms with E-state index in [4.69, 9.17) is 0 Å². The normalized spacial score (nSPS) is 29.4. The molecule has 0 amide bonds. The molecule has 2 atom stereocenters. The van der Waals surface area contributed by atoms with Gasteiger partial charge in [-0.15, -0.1) is 0 Å². The van der Waals surface area contributed by atoms with Crippen molar-refractivity contribution in [1.29, 1.82) is 0 Å². The molecule has 1 heterocycles. The van der Waals surface area contributed by atoms with Gasteiger partial charge in [-0.3, -0.25) is 0 Å². The van der Waals surface area contributed by atoms with Crippen molar-refractivity contribution in [2.24, 2.45) is 0 Å². The van der Waals surface area contributed by atoms with Crippen molar-refractivity contribution in [1.82, 2.24) is 0 Å². The molecule has 1 fully saturated rings. The first kappa shape index (κ1) is 9.01. The van der Waals surface area contributed by atoms with E-state index < -0.39 is 0 Å². The Morgan fingerprint density at radius 2 is 1.54 bits per heavy atom. The Kier molecular flexibility index (Phi) is 2.54. The van der Waals surface area contributed by atoms with E-state index in [0.717, 1.165) is 11.1 Å². The van der Waals surface area contributed by atoms with Crippen LogP contribution in [-0.2, 0) is 0 Å². The van der Waals surface area contributed by atoms with Gasteiger partial charge in [-0.1, -0.05) is 62.2 Å². The van der Waals surface area contributed by atoms with Gasteiger partial charge in [0.2, 0.25) is 0 Å². The quantitative estimate of drug-likeness (QED) is 0.596. The highest BCUT2D eigenvalue weighted by molar-refractivity contribution is 6.76. The van der Waals surface area contributed by atoms with Crippen LogP contribution in [0.3, 0.4) is 0 Å². The first-order chi connectivity index (χ1) is 6.29. The predicted octanol–water partition coefficient (Wildman–Crippen LogP) is 2.96. The number of benzene rings is 1. The van der Waals surface area contributed by atoms with Crippen molar-refractivity contribution < 1.29 is 0 Å². The number of hydrogen-bond acceptors (Lipinski definition) is 0. The Balaban J connectivity index is 2.25. The molecule has 1 radical (unpaired) electrons. The summed E-state index contributed by atoms with van der Waals surface area (Å²) in [4.78, 5) is 0. The molecular weight excluding hydrogens is 172 g/mol. The zero-order chi connectivity index (χ0) is 9.26. The Morgan fingerprint density at radius 1 is 1.00 bits per heavy atom. The fourth-order valence-corrected chi connectivity index (χ4v) is 6.14. The number of rotatable bonds is 1. The van der Waals surface area contributed by atoms with Crippen LogP contribution in [0, 0.1) is 0 Å². The molecule has 1 aromatic carbocycles. The molecular formula is C12H17Si. The van der Waals surface area contributed by atoms with Crippen LogP contribution in [0.4, 0.5) is 0 Å². The van der Waals surface area contributed by atoms with Crippen molar-refractivity contribution in [2.75, 3.05) is 0 Å². The van der Waals surface area contributed by atoms with Crippen LogP contribution >= 0.6 is 0 Å². The highest BCUT2D eigenvalue weighted by atomic mass is 28.3. The Bertz CT molecular complexity index is 258. The minimum absolute atomic E-state index is 0.245. The van der Waals surface area contributed by atoms with Gasteiger partial charge in [-0.25, -0.2) is 0 Å². The van der Waals surface area contributed by atoms with Gasteiger partial charge < -0.3 is 0 Å². The zero-order valence-corrected chi connectivity index (χ0v) is 9.46. The molecule has 0 spiro atoms. The van der Waals surface area contributed by atoms with Gasteiger partial charge in [0.1, 0.15) is 0 Å². The van der Waals surface area contributed by atoms with Gasteiger partial charge in [0, 0.05) is 0 Å². The lowest BCUT2D eigenvalue weighted by Crippen LogP contribution is -2.32. The highest BCUT2D eigenvalue weighted by Crippen LogP contribution is 2.37. The molecule has 0 aromatic heterocycles. The fourth-order valence-electron chi connectivity index (χ4n) is 2.50. The first-order valence-electron chi connectivity index (χ1n) is 5.21. The lowest BCUT2D eigenvalue weighted by Gasteiger charge is -2.17. The van der Waals surface area contributed by atoms with Crippen LogP contribution in [-0.4, -0.2) is 8.80 Å². The highest BCUT2D eigenvalue weighted by Gasteiger charge is 2.32. The minimum atomic E-state index is -0.245. The van der Waals surface area contributed by atoms with E-state index in [1.165, 1.54) is 12.8 Å². The number of hydrogen-bond donors (Lipinski definition) is 0. The maximum atomic E-state index is 2.44. The Labute approximate surface area is 82.6 Å². The standard InChI is InChI=1S/C12H17Si/c1-10-8-9-11(2)13(10)12-6-4-3-5-7-12/h3-7,10-11H,8-9H2,1-2H3. The molecule has 2 rings (SSSR count). The molecule has 0 saturated carbocycles. The van der Waals surface area contributed by atoms with Crippen LogP contribution < -0.4 is 5.19 Å². The van der Waals surface area contributed by atoms with E-state index in [2.05, 4.69) is 44.2 Å². The third-order valence-corrected chi connectivity index (χ3v) is 6.90. The molecule has 13 heavy (non-hydrogen) atoms. The van der Waals surface area contributed by atoms with Gasteiger partial charge in [-0.05, 0) is 11.1 Å². The second-order valence-electron chi connectivity index (χ2n) is 4.20. The third kappa shape index (κ3) is 1.71. The van der Waals surface area contributed by atoms with Gasteiger partial charge in [0.15, 0.2) is 0 Å². The second kappa shape index (κ2) is 3.67. The van der Waals surface area contributed by atoms with Crippen molar-refractivity contribution >= 4 is 14.0 Å². The predicted molar refractivity (Wildman–Crippen MR) is 59.9 cm³/mol. The van der Waals surface area contributed by atoms with E-state index in [0.29, 0.717) is 0 Å². The van der Waals surface area contributed by atoms with E-state index in [9.17, 15) is 0 Å². The van der Waals surface area contributed by atoms with E-state index >= 15 is 0 Å². The Hall–Kier alpha value is -0.563.